The summed E-state index contributed by atoms with van der Waals surface area (Å²) >= 11 is 0. The fraction of sp³-hybridized carbons (Fsp3) is 0.625. The average Bonchev–Trinajstić information content (AvgIpc) is 3.00. The molecule has 0 amide bonds. The normalized spacial score (nSPS) is 28.9. The summed E-state index contributed by atoms with van der Waals surface area (Å²) in [5.74, 6) is 1.51. The summed E-state index contributed by atoms with van der Waals surface area (Å²) in [7, 11) is 0. The van der Waals surface area contributed by atoms with Crippen LogP contribution in [0.1, 0.15) is 24.9 Å². The Morgan fingerprint density at radius 3 is 3.00 bits per heavy atom. The van der Waals surface area contributed by atoms with Gasteiger partial charge in [0.1, 0.15) is 18.5 Å². The van der Waals surface area contributed by atoms with Crippen LogP contribution in [0.15, 0.2) is 24.3 Å². The van der Waals surface area contributed by atoms with Gasteiger partial charge >= 0.3 is 0 Å². The van der Waals surface area contributed by atoms with Gasteiger partial charge in [-0.3, -0.25) is 0 Å². The first kappa shape index (κ1) is 13.9. The molecule has 4 heteroatoms. The molecule has 0 radical (unpaired) electrons. The Morgan fingerprint density at radius 1 is 1.30 bits per heavy atom. The van der Waals surface area contributed by atoms with Crippen molar-refractivity contribution < 1.29 is 14.2 Å². The number of rotatable bonds is 5. The summed E-state index contributed by atoms with van der Waals surface area (Å²) in [6.45, 7) is 6.12. The number of benzene rings is 1. The molecule has 1 saturated heterocycles. The van der Waals surface area contributed by atoms with Crippen LogP contribution in [-0.4, -0.2) is 39.1 Å². The van der Waals surface area contributed by atoms with Crippen molar-refractivity contribution in [3.05, 3.63) is 29.8 Å². The lowest BCUT2D eigenvalue weighted by molar-refractivity contribution is -0.0307. The van der Waals surface area contributed by atoms with E-state index in [0.717, 1.165) is 38.5 Å². The van der Waals surface area contributed by atoms with Gasteiger partial charge in [-0.2, -0.15) is 0 Å². The van der Waals surface area contributed by atoms with Gasteiger partial charge in [-0.25, -0.2) is 0 Å². The van der Waals surface area contributed by atoms with Gasteiger partial charge in [0.15, 0.2) is 0 Å². The number of ether oxygens (including phenoxy) is 3. The highest BCUT2D eigenvalue weighted by molar-refractivity contribution is 5.38. The predicted molar refractivity (Wildman–Crippen MR) is 77.0 cm³/mol. The van der Waals surface area contributed by atoms with Crippen LogP contribution in [0.25, 0.3) is 0 Å². The standard InChI is InChI=1S/C16H23NO3/c1-2-17-16-13-5-3-4-6-14(13)20-11-15(16)19-10-12-7-8-18-9-12/h3-6,12,15-17H,2,7-11H2,1H3. The second kappa shape index (κ2) is 6.57. The van der Waals surface area contributed by atoms with Gasteiger partial charge in [-0.05, 0) is 19.0 Å². The molecule has 1 fully saturated rings. The third-order valence-corrected chi connectivity index (χ3v) is 4.02. The number of fused-ring (bicyclic) bond motifs is 1. The molecule has 2 heterocycles. The van der Waals surface area contributed by atoms with Crippen molar-refractivity contribution in [2.75, 3.05) is 33.0 Å². The Bertz CT molecular complexity index is 431. The monoisotopic (exact) mass is 277 g/mol. The summed E-state index contributed by atoms with van der Waals surface area (Å²) in [4.78, 5) is 0. The molecule has 0 bridgehead atoms. The molecule has 1 aromatic rings. The van der Waals surface area contributed by atoms with Crippen molar-refractivity contribution in [1.29, 1.82) is 0 Å². The molecule has 3 rings (SSSR count). The van der Waals surface area contributed by atoms with Gasteiger partial charge in [0, 0.05) is 18.1 Å². The topological polar surface area (TPSA) is 39.7 Å². The lowest BCUT2D eigenvalue weighted by atomic mass is 9.98. The van der Waals surface area contributed by atoms with Crippen LogP contribution in [-0.2, 0) is 9.47 Å². The van der Waals surface area contributed by atoms with E-state index in [4.69, 9.17) is 14.2 Å². The smallest absolute Gasteiger partial charge is 0.124 e. The molecule has 110 valence electrons. The molecule has 2 aliphatic heterocycles. The minimum Gasteiger partial charge on any atom is -0.490 e. The van der Waals surface area contributed by atoms with Crippen LogP contribution < -0.4 is 10.1 Å². The summed E-state index contributed by atoms with van der Waals surface area (Å²) < 4.78 is 17.4. The summed E-state index contributed by atoms with van der Waals surface area (Å²) in [6, 6.07) is 8.43. The van der Waals surface area contributed by atoms with Gasteiger partial charge in [0.25, 0.3) is 0 Å². The predicted octanol–water partition coefficient (Wildman–Crippen LogP) is 2.15. The number of likely N-dealkylation sites (N-methyl/N-ethyl adjacent to an activating group) is 1. The number of hydrogen-bond donors (Lipinski definition) is 1. The van der Waals surface area contributed by atoms with Crippen molar-refractivity contribution in [2.24, 2.45) is 5.92 Å². The molecule has 1 N–H and O–H groups in total. The average molecular weight is 277 g/mol. The van der Waals surface area contributed by atoms with E-state index in [1.165, 1.54) is 5.56 Å². The largest absolute Gasteiger partial charge is 0.490 e. The van der Waals surface area contributed by atoms with E-state index in [-0.39, 0.29) is 12.1 Å². The molecule has 1 aromatic carbocycles. The van der Waals surface area contributed by atoms with Crippen molar-refractivity contribution in [2.45, 2.75) is 25.5 Å². The lowest BCUT2D eigenvalue weighted by Crippen LogP contribution is -2.41. The van der Waals surface area contributed by atoms with Gasteiger partial charge in [0.2, 0.25) is 0 Å². The lowest BCUT2D eigenvalue weighted by Gasteiger charge is -2.34. The quantitative estimate of drug-likeness (QED) is 0.895. The first-order valence-electron chi connectivity index (χ1n) is 7.53. The van der Waals surface area contributed by atoms with Crippen molar-refractivity contribution in [3.63, 3.8) is 0 Å². The Morgan fingerprint density at radius 2 is 2.20 bits per heavy atom. The van der Waals surface area contributed by atoms with Gasteiger partial charge in [0.05, 0.1) is 19.3 Å². The van der Waals surface area contributed by atoms with Crippen LogP contribution in [0.3, 0.4) is 0 Å². The highest BCUT2D eigenvalue weighted by Gasteiger charge is 2.31. The van der Waals surface area contributed by atoms with E-state index < -0.39 is 0 Å². The second-order valence-electron chi connectivity index (χ2n) is 5.49. The summed E-state index contributed by atoms with van der Waals surface area (Å²) in [5, 5.41) is 3.53. The molecule has 4 nitrogen and oxygen atoms in total. The fourth-order valence-corrected chi connectivity index (χ4v) is 2.92. The Kier molecular flexibility index (Phi) is 4.55. The van der Waals surface area contributed by atoms with Crippen LogP contribution in [0.4, 0.5) is 0 Å². The zero-order chi connectivity index (χ0) is 13.8. The number of nitrogens with one attached hydrogen (secondary N) is 1. The number of hydrogen-bond acceptors (Lipinski definition) is 4. The highest BCUT2D eigenvalue weighted by Crippen LogP contribution is 2.33. The van der Waals surface area contributed by atoms with E-state index in [0.29, 0.717) is 12.5 Å². The molecule has 3 atom stereocenters. The molecule has 0 spiro atoms. The minimum absolute atomic E-state index is 0.0745. The summed E-state index contributed by atoms with van der Waals surface area (Å²) in [6.07, 6.45) is 1.18. The molecular weight excluding hydrogens is 254 g/mol. The maximum atomic E-state index is 6.12. The van der Waals surface area contributed by atoms with E-state index in [1.807, 2.05) is 12.1 Å². The van der Waals surface area contributed by atoms with Crippen molar-refractivity contribution >= 4 is 0 Å². The molecule has 2 aliphatic rings. The van der Waals surface area contributed by atoms with Gasteiger partial charge in [-0.1, -0.05) is 25.1 Å². The third-order valence-electron chi connectivity index (χ3n) is 4.02. The first-order valence-corrected chi connectivity index (χ1v) is 7.53. The van der Waals surface area contributed by atoms with Crippen LogP contribution in [0.2, 0.25) is 0 Å². The zero-order valence-electron chi connectivity index (χ0n) is 12.0. The number of para-hydroxylation sites is 1. The van der Waals surface area contributed by atoms with Crippen molar-refractivity contribution in [3.8, 4) is 5.75 Å². The maximum Gasteiger partial charge on any atom is 0.124 e. The Hall–Kier alpha value is -1.10. The second-order valence-corrected chi connectivity index (χ2v) is 5.49. The molecule has 3 unspecified atom stereocenters. The molecule has 0 aliphatic carbocycles. The van der Waals surface area contributed by atoms with E-state index in [2.05, 4.69) is 24.4 Å². The molecule has 0 saturated carbocycles. The van der Waals surface area contributed by atoms with E-state index >= 15 is 0 Å². The molecular formula is C16H23NO3. The van der Waals surface area contributed by atoms with Gasteiger partial charge < -0.3 is 19.5 Å². The minimum atomic E-state index is 0.0745. The Labute approximate surface area is 120 Å². The Balaban J connectivity index is 1.67. The maximum absolute atomic E-state index is 6.12. The van der Waals surface area contributed by atoms with Crippen LogP contribution >= 0.6 is 0 Å². The van der Waals surface area contributed by atoms with Crippen molar-refractivity contribution in [1.82, 2.24) is 5.32 Å². The highest BCUT2D eigenvalue weighted by atomic mass is 16.5. The molecule has 20 heavy (non-hydrogen) atoms. The summed E-state index contributed by atoms with van der Waals surface area (Å²) in [5.41, 5.74) is 1.20. The molecule has 0 aromatic heterocycles. The fourth-order valence-electron chi connectivity index (χ4n) is 2.92. The van der Waals surface area contributed by atoms with E-state index in [1.54, 1.807) is 0 Å². The third kappa shape index (κ3) is 2.97. The van der Waals surface area contributed by atoms with Crippen LogP contribution in [0, 0.1) is 5.92 Å². The zero-order valence-corrected chi connectivity index (χ0v) is 12.0. The first-order chi connectivity index (χ1) is 9.88. The SMILES string of the molecule is CCNC1c2ccccc2OCC1OCC1CCOC1. The van der Waals surface area contributed by atoms with Gasteiger partial charge in [-0.15, -0.1) is 0 Å². The van der Waals surface area contributed by atoms with Crippen LogP contribution in [0.5, 0.6) is 5.75 Å². The van der Waals surface area contributed by atoms with E-state index in [9.17, 15) is 0 Å².